The maximum Gasteiger partial charge on any atom is 0.225 e. The van der Waals surface area contributed by atoms with E-state index in [1.165, 1.54) is 0 Å². The predicted molar refractivity (Wildman–Crippen MR) is 58.4 cm³/mol. The predicted octanol–water partition coefficient (Wildman–Crippen LogP) is -0.657. The number of hydrogen-bond donors (Lipinski definition) is 5. The SMILES string of the molecule is OCCNc1nc(=S)nc(NCCO)[nH]1. The van der Waals surface area contributed by atoms with Gasteiger partial charge in [-0.15, -0.1) is 0 Å². The zero-order valence-corrected chi connectivity index (χ0v) is 8.84. The molecule has 1 heterocycles. The number of anilines is 2. The second-order valence-electron chi connectivity index (χ2n) is 2.63. The summed E-state index contributed by atoms with van der Waals surface area (Å²) >= 11 is 4.84. The minimum Gasteiger partial charge on any atom is -0.395 e. The smallest absolute Gasteiger partial charge is 0.225 e. The molecule has 0 fully saturated rings. The van der Waals surface area contributed by atoms with Crippen LogP contribution in [0.2, 0.25) is 0 Å². The largest absolute Gasteiger partial charge is 0.395 e. The molecule has 1 aromatic rings. The second-order valence-corrected chi connectivity index (χ2v) is 2.99. The van der Waals surface area contributed by atoms with Crippen molar-refractivity contribution in [3.63, 3.8) is 0 Å². The van der Waals surface area contributed by atoms with Gasteiger partial charge in [0.2, 0.25) is 16.7 Å². The number of aromatic amines is 1. The van der Waals surface area contributed by atoms with Crippen molar-refractivity contribution in [2.45, 2.75) is 0 Å². The highest BCUT2D eigenvalue weighted by Crippen LogP contribution is 2.01. The van der Waals surface area contributed by atoms with Gasteiger partial charge in [0, 0.05) is 13.1 Å². The van der Waals surface area contributed by atoms with E-state index in [4.69, 9.17) is 22.4 Å². The van der Waals surface area contributed by atoms with Crippen LogP contribution >= 0.6 is 12.2 Å². The molecular weight excluding hydrogens is 218 g/mol. The lowest BCUT2D eigenvalue weighted by Crippen LogP contribution is -2.13. The Bertz CT molecular complexity index is 326. The van der Waals surface area contributed by atoms with Crippen molar-refractivity contribution in [2.75, 3.05) is 36.9 Å². The fraction of sp³-hybridized carbons (Fsp3) is 0.571. The fourth-order valence-corrected chi connectivity index (χ4v) is 1.08. The molecule has 0 aliphatic rings. The van der Waals surface area contributed by atoms with Crippen molar-refractivity contribution in [2.24, 2.45) is 0 Å². The molecule has 1 aromatic heterocycles. The van der Waals surface area contributed by atoms with E-state index in [0.717, 1.165) is 0 Å². The summed E-state index contributed by atoms with van der Waals surface area (Å²) in [7, 11) is 0. The third-order valence-corrected chi connectivity index (χ3v) is 1.64. The van der Waals surface area contributed by atoms with Gasteiger partial charge in [-0.25, -0.2) is 0 Å². The Morgan fingerprint density at radius 1 is 1.07 bits per heavy atom. The Kier molecular flexibility index (Phi) is 4.95. The number of aliphatic hydroxyl groups is 2. The van der Waals surface area contributed by atoms with Crippen molar-refractivity contribution >= 4 is 24.1 Å². The van der Waals surface area contributed by atoms with Gasteiger partial charge < -0.3 is 20.8 Å². The summed E-state index contributed by atoms with van der Waals surface area (Å²) in [6.07, 6.45) is 0. The number of H-pyrrole nitrogens is 1. The summed E-state index contributed by atoms with van der Waals surface area (Å²) in [4.78, 5) is 10.6. The molecule has 0 amide bonds. The van der Waals surface area contributed by atoms with Gasteiger partial charge in [0.15, 0.2) is 0 Å². The molecule has 0 bridgehead atoms. The van der Waals surface area contributed by atoms with E-state index >= 15 is 0 Å². The molecular formula is C7H13N5O2S. The number of hydrogen-bond acceptors (Lipinski definition) is 7. The summed E-state index contributed by atoms with van der Waals surface area (Å²) < 4.78 is 0.189. The zero-order chi connectivity index (χ0) is 11.1. The molecule has 0 aromatic carbocycles. The molecule has 1 rings (SSSR count). The average molecular weight is 231 g/mol. The van der Waals surface area contributed by atoms with E-state index in [-0.39, 0.29) is 18.0 Å². The van der Waals surface area contributed by atoms with Crippen LogP contribution in [0.15, 0.2) is 0 Å². The van der Waals surface area contributed by atoms with Gasteiger partial charge >= 0.3 is 0 Å². The number of nitrogens with zero attached hydrogens (tertiary/aromatic N) is 2. The normalized spacial score (nSPS) is 10.0. The molecule has 8 heteroatoms. The van der Waals surface area contributed by atoms with Crippen LogP contribution in [-0.2, 0) is 0 Å². The van der Waals surface area contributed by atoms with E-state index < -0.39 is 0 Å². The molecule has 0 saturated heterocycles. The Morgan fingerprint density at radius 3 is 1.93 bits per heavy atom. The molecule has 0 radical (unpaired) electrons. The van der Waals surface area contributed by atoms with Crippen LogP contribution in [0.1, 0.15) is 0 Å². The van der Waals surface area contributed by atoms with Crippen molar-refractivity contribution < 1.29 is 10.2 Å². The van der Waals surface area contributed by atoms with E-state index in [1.54, 1.807) is 0 Å². The molecule has 0 spiro atoms. The summed E-state index contributed by atoms with van der Waals surface area (Å²) in [5.41, 5.74) is 0. The van der Waals surface area contributed by atoms with Crippen molar-refractivity contribution in [3.05, 3.63) is 4.77 Å². The molecule has 5 N–H and O–H groups in total. The first-order valence-electron chi connectivity index (χ1n) is 4.44. The van der Waals surface area contributed by atoms with Gasteiger partial charge in [-0.05, 0) is 12.2 Å². The van der Waals surface area contributed by atoms with Crippen molar-refractivity contribution in [1.82, 2.24) is 15.0 Å². The topological polar surface area (TPSA) is 106 Å². The van der Waals surface area contributed by atoms with E-state index in [1.807, 2.05) is 0 Å². The number of aliphatic hydroxyl groups excluding tert-OH is 2. The molecule has 84 valence electrons. The van der Waals surface area contributed by atoms with Gasteiger partial charge in [-0.1, -0.05) is 0 Å². The molecule has 0 saturated carbocycles. The van der Waals surface area contributed by atoms with E-state index in [9.17, 15) is 0 Å². The lowest BCUT2D eigenvalue weighted by atomic mass is 10.6. The first-order valence-corrected chi connectivity index (χ1v) is 4.85. The van der Waals surface area contributed by atoms with Crippen LogP contribution in [0.4, 0.5) is 11.9 Å². The van der Waals surface area contributed by atoms with Crippen LogP contribution in [0, 0.1) is 4.77 Å². The van der Waals surface area contributed by atoms with Gasteiger partial charge in [-0.2, -0.15) is 9.97 Å². The van der Waals surface area contributed by atoms with Crippen LogP contribution < -0.4 is 10.6 Å². The first kappa shape index (κ1) is 11.8. The van der Waals surface area contributed by atoms with Gasteiger partial charge in [-0.3, -0.25) is 4.98 Å². The number of nitrogens with one attached hydrogen (secondary N) is 3. The highest BCUT2D eigenvalue weighted by molar-refractivity contribution is 7.71. The standard InChI is InChI=1S/C7H13N5O2S/c13-3-1-8-5-10-6(9-2-4-14)12-7(15)11-5/h13-14H,1-4H2,(H3,8,9,10,11,12,15). The quantitative estimate of drug-likeness (QED) is 0.414. The Labute approximate surface area is 91.6 Å². The Hall–Kier alpha value is -1.25. The summed E-state index contributed by atoms with van der Waals surface area (Å²) in [5.74, 6) is 0.869. The minimum absolute atomic E-state index is 0.00397. The molecule has 0 aliphatic heterocycles. The second kappa shape index (κ2) is 6.27. The van der Waals surface area contributed by atoms with Gasteiger partial charge in [0.1, 0.15) is 0 Å². The van der Waals surface area contributed by atoms with Gasteiger partial charge in [0.25, 0.3) is 0 Å². The average Bonchev–Trinajstić information content (AvgIpc) is 2.23. The molecule has 7 nitrogen and oxygen atoms in total. The number of aromatic nitrogens is 3. The first-order chi connectivity index (χ1) is 7.26. The van der Waals surface area contributed by atoms with E-state index in [2.05, 4.69) is 25.6 Å². The Morgan fingerprint density at radius 2 is 1.53 bits per heavy atom. The van der Waals surface area contributed by atoms with Crippen LogP contribution in [-0.4, -0.2) is 51.5 Å². The van der Waals surface area contributed by atoms with Crippen molar-refractivity contribution in [1.29, 1.82) is 0 Å². The maximum atomic E-state index is 8.61. The monoisotopic (exact) mass is 231 g/mol. The summed E-state index contributed by atoms with van der Waals surface area (Å²) in [6.45, 7) is 0.761. The molecule has 0 aliphatic carbocycles. The highest BCUT2D eigenvalue weighted by Gasteiger charge is 1.98. The summed E-state index contributed by atoms with van der Waals surface area (Å²) in [6, 6.07) is 0. The summed E-state index contributed by atoms with van der Waals surface area (Å²) in [5, 5.41) is 22.9. The Balaban J connectivity index is 2.71. The molecule has 0 unspecified atom stereocenters. The fourth-order valence-electron chi connectivity index (χ4n) is 0.900. The van der Waals surface area contributed by atoms with Gasteiger partial charge in [0.05, 0.1) is 13.2 Å². The lowest BCUT2D eigenvalue weighted by Gasteiger charge is -2.06. The molecule has 15 heavy (non-hydrogen) atoms. The minimum atomic E-state index is 0.00397. The van der Waals surface area contributed by atoms with E-state index in [0.29, 0.717) is 25.0 Å². The van der Waals surface area contributed by atoms with Crippen LogP contribution in [0.3, 0.4) is 0 Å². The van der Waals surface area contributed by atoms with Crippen LogP contribution in [0.5, 0.6) is 0 Å². The van der Waals surface area contributed by atoms with Crippen LogP contribution in [0.25, 0.3) is 0 Å². The zero-order valence-electron chi connectivity index (χ0n) is 8.03. The molecule has 0 atom stereocenters. The number of rotatable bonds is 6. The third-order valence-electron chi connectivity index (χ3n) is 1.46. The van der Waals surface area contributed by atoms with Crippen molar-refractivity contribution in [3.8, 4) is 0 Å². The third kappa shape index (κ3) is 4.19. The lowest BCUT2D eigenvalue weighted by molar-refractivity contribution is 0.310. The highest BCUT2D eigenvalue weighted by atomic mass is 32.1. The maximum absolute atomic E-state index is 8.61.